The lowest BCUT2D eigenvalue weighted by molar-refractivity contribution is -0.109. The molecule has 2 unspecified atom stereocenters. The first kappa shape index (κ1) is 11.8. The summed E-state index contributed by atoms with van der Waals surface area (Å²) in [6, 6.07) is 6.55. The van der Waals surface area contributed by atoms with E-state index in [2.05, 4.69) is 44.8 Å². The summed E-state index contributed by atoms with van der Waals surface area (Å²) in [6.45, 7) is 0. The maximum absolute atomic E-state index is 10.7. The van der Waals surface area contributed by atoms with Crippen LogP contribution in [-0.2, 0) is 11.2 Å². The average Bonchev–Trinajstić information content (AvgIpc) is 2.97. The Hall–Kier alpha value is -1.29. The third-order valence-electron chi connectivity index (χ3n) is 3.69. The van der Waals surface area contributed by atoms with Crippen LogP contribution in [0.25, 0.3) is 0 Å². The van der Waals surface area contributed by atoms with Crippen molar-refractivity contribution in [1.82, 2.24) is 10.6 Å². The second-order valence-electron chi connectivity index (χ2n) is 4.88. The van der Waals surface area contributed by atoms with Crippen LogP contribution in [-0.4, -0.2) is 12.5 Å². The molecule has 1 aromatic carbocycles. The highest BCUT2D eigenvalue weighted by molar-refractivity contribution is 9.10. The van der Waals surface area contributed by atoms with Crippen LogP contribution in [0.15, 0.2) is 34.6 Å². The molecule has 0 bridgehead atoms. The maximum atomic E-state index is 10.7. The van der Waals surface area contributed by atoms with E-state index in [9.17, 15) is 4.79 Å². The molecule has 0 spiro atoms. The van der Waals surface area contributed by atoms with Gasteiger partial charge in [0.25, 0.3) is 0 Å². The van der Waals surface area contributed by atoms with Crippen molar-refractivity contribution in [3.05, 3.63) is 45.7 Å². The van der Waals surface area contributed by atoms with Crippen LogP contribution >= 0.6 is 15.9 Å². The Morgan fingerprint density at radius 1 is 1.44 bits per heavy atom. The predicted molar refractivity (Wildman–Crippen MR) is 74.0 cm³/mol. The third-order valence-corrected chi connectivity index (χ3v) is 4.18. The standard InChI is InChI=1S/C14H15BrN2O/c15-11-3-4-13-9(5-11)1-2-10(13)6-12-7-16-14(8-18)17-12/h3-5,7-8,10,14,16-17H,1-2,6H2. The van der Waals surface area contributed by atoms with E-state index in [-0.39, 0.29) is 6.17 Å². The maximum Gasteiger partial charge on any atom is 0.162 e. The Labute approximate surface area is 115 Å². The van der Waals surface area contributed by atoms with Crippen LogP contribution in [0.1, 0.15) is 29.9 Å². The molecule has 4 heteroatoms. The van der Waals surface area contributed by atoms with E-state index in [1.54, 1.807) is 0 Å². The number of halogens is 1. The lowest BCUT2D eigenvalue weighted by Crippen LogP contribution is -2.33. The molecule has 1 aromatic rings. The Balaban J connectivity index is 1.72. The normalized spacial score (nSPS) is 25.1. The fourth-order valence-electron chi connectivity index (χ4n) is 2.82. The van der Waals surface area contributed by atoms with Crippen molar-refractivity contribution in [2.75, 3.05) is 0 Å². The van der Waals surface area contributed by atoms with Gasteiger partial charge in [0.15, 0.2) is 12.5 Å². The zero-order valence-electron chi connectivity index (χ0n) is 9.95. The molecule has 0 saturated heterocycles. The molecule has 1 aliphatic carbocycles. The summed E-state index contributed by atoms with van der Waals surface area (Å²) in [7, 11) is 0. The van der Waals surface area contributed by atoms with Gasteiger partial charge in [0.05, 0.1) is 0 Å². The molecule has 18 heavy (non-hydrogen) atoms. The molecule has 0 radical (unpaired) electrons. The number of hydrogen-bond donors (Lipinski definition) is 2. The largest absolute Gasteiger partial charge is 0.364 e. The van der Waals surface area contributed by atoms with Gasteiger partial charge in [0, 0.05) is 16.4 Å². The highest BCUT2D eigenvalue weighted by atomic mass is 79.9. The molecule has 0 fully saturated rings. The SMILES string of the molecule is O=CC1NC=C(CC2CCc3cc(Br)ccc32)N1. The van der Waals surface area contributed by atoms with E-state index in [0.29, 0.717) is 5.92 Å². The summed E-state index contributed by atoms with van der Waals surface area (Å²) in [4.78, 5) is 10.7. The van der Waals surface area contributed by atoms with Gasteiger partial charge < -0.3 is 10.6 Å². The number of aryl methyl sites for hydroxylation is 1. The zero-order valence-corrected chi connectivity index (χ0v) is 11.5. The van der Waals surface area contributed by atoms with E-state index < -0.39 is 0 Å². The van der Waals surface area contributed by atoms with Crippen molar-refractivity contribution < 1.29 is 4.79 Å². The number of fused-ring (bicyclic) bond motifs is 1. The summed E-state index contributed by atoms with van der Waals surface area (Å²) in [5.41, 5.74) is 4.04. The van der Waals surface area contributed by atoms with Crippen LogP contribution in [0.4, 0.5) is 0 Å². The van der Waals surface area contributed by atoms with Crippen molar-refractivity contribution in [2.45, 2.75) is 31.3 Å². The molecule has 3 nitrogen and oxygen atoms in total. The molecule has 2 atom stereocenters. The van der Waals surface area contributed by atoms with Gasteiger partial charge in [-0.2, -0.15) is 0 Å². The molecule has 3 rings (SSSR count). The Morgan fingerprint density at radius 2 is 2.33 bits per heavy atom. The summed E-state index contributed by atoms with van der Waals surface area (Å²) in [5.74, 6) is 0.569. The van der Waals surface area contributed by atoms with Crippen LogP contribution < -0.4 is 10.6 Å². The quantitative estimate of drug-likeness (QED) is 0.843. The first-order valence-electron chi connectivity index (χ1n) is 6.21. The summed E-state index contributed by atoms with van der Waals surface area (Å²) in [5, 5.41) is 6.20. The Kier molecular flexibility index (Phi) is 3.12. The van der Waals surface area contributed by atoms with Crippen molar-refractivity contribution in [1.29, 1.82) is 0 Å². The van der Waals surface area contributed by atoms with Crippen molar-refractivity contribution in [2.24, 2.45) is 0 Å². The van der Waals surface area contributed by atoms with Gasteiger partial charge in [0.1, 0.15) is 0 Å². The number of nitrogens with one attached hydrogen (secondary N) is 2. The van der Waals surface area contributed by atoms with Gasteiger partial charge in [-0.3, -0.25) is 4.79 Å². The second kappa shape index (κ2) is 4.76. The number of rotatable bonds is 3. The molecule has 2 aliphatic rings. The minimum Gasteiger partial charge on any atom is -0.364 e. The molecule has 1 heterocycles. The van der Waals surface area contributed by atoms with Gasteiger partial charge in [-0.05, 0) is 48.4 Å². The van der Waals surface area contributed by atoms with Crippen LogP contribution in [0.2, 0.25) is 0 Å². The van der Waals surface area contributed by atoms with E-state index >= 15 is 0 Å². The molecule has 0 amide bonds. The van der Waals surface area contributed by atoms with Gasteiger partial charge in [-0.25, -0.2) is 0 Å². The average molecular weight is 307 g/mol. The fraction of sp³-hybridized carbons (Fsp3) is 0.357. The number of benzene rings is 1. The second-order valence-corrected chi connectivity index (χ2v) is 5.79. The Morgan fingerprint density at radius 3 is 3.11 bits per heavy atom. The molecule has 2 N–H and O–H groups in total. The van der Waals surface area contributed by atoms with Gasteiger partial charge in [-0.15, -0.1) is 0 Å². The summed E-state index contributed by atoms with van der Waals surface area (Å²) < 4.78 is 1.16. The van der Waals surface area contributed by atoms with E-state index in [1.807, 2.05) is 6.20 Å². The molecular weight excluding hydrogens is 292 g/mol. The summed E-state index contributed by atoms with van der Waals surface area (Å²) >= 11 is 3.52. The number of carbonyl (C=O) groups excluding carboxylic acids is 1. The smallest absolute Gasteiger partial charge is 0.162 e. The van der Waals surface area contributed by atoms with E-state index in [0.717, 1.165) is 29.3 Å². The minimum absolute atomic E-state index is 0.245. The van der Waals surface area contributed by atoms with Crippen LogP contribution in [0.3, 0.4) is 0 Å². The molecule has 1 aliphatic heterocycles. The van der Waals surface area contributed by atoms with Gasteiger partial charge in [-0.1, -0.05) is 22.0 Å². The summed E-state index contributed by atoms with van der Waals surface area (Å²) in [6.07, 6.45) is 5.89. The lowest BCUT2D eigenvalue weighted by Gasteiger charge is -2.13. The van der Waals surface area contributed by atoms with Gasteiger partial charge in [0.2, 0.25) is 0 Å². The fourth-order valence-corrected chi connectivity index (χ4v) is 3.22. The van der Waals surface area contributed by atoms with Crippen LogP contribution in [0.5, 0.6) is 0 Å². The van der Waals surface area contributed by atoms with Gasteiger partial charge >= 0.3 is 0 Å². The number of hydrogen-bond acceptors (Lipinski definition) is 3. The highest BCUT2D eigenvalue weighted by Crippen LogP contribution is 2.38. The topological polar surface area (TPSA) is 41.1 Å². The number of allylic oxidation sites excluding steroid dienone is 1. The van der Waals surface area contributed by atoms with Crippen molar-refractivity contribution in [3.63, 3.8) is 0 Å². The lowest BCUT2D eigenvalue weighted by atomic mass is 9.96. The van der Waals surface area contributed by atoms with Crippen molar-refractivity contribution >= 4 is 22.2 Å². The minimum atomic E-state index is -0.245. The van der Waals surface area contributed by atoms with Crippen molar-refractivity contribution in [3.8, 4) is 0 Å². The third kappa shape index (κ3) is 2.17. The molecule has 94 valence electrons. The Bertz CT molecular complexity index is 513. The zero-order chi connectivity index (χ0) is 12.5. The van der Waals surface area contributed by atoms with E-state index in [4.69, 9.17) is 0 Å². The highest BCUT2D eigenvalue weighted by Gasteiger charge is 2.25. The predicted octanol–water partition coefficient (Wildman–Crippen LogP) is 2.43. The molecule has 0 aromatic heterocycles. The number of aldehydes is 1. The molecular formula is C14H15BrN2O. The first-order valence-corrected chi connectivity index (χ1v) is 7.01. The van der Waals surface area contributed by atoms with Crippen LogP contribution in [0, 0.1) is 0 Å². The first-order chi connectivity index (χ1) is 8.76. The monoisotopic (exact) mass is 306 g/mol. The number of carbonyl (C=O) groups is 1. The van der Waals surface area contributed by atoms with E-state index in [1.165, 1.54) is 17.5 Å². The molecule has 0 saturated carbocycles.